The smallest absolute Gasteiger partial charge is 0.243 e. The first-order chi connectivity index (χ1) is 14.1. The average molecular weight is 390 g/mol. The number of ether oxygens (including phenoxy) is 2. The minimum absolute atomic E-state index is 0.0807. The Morgan fingerprint density at radius 3 is 2.31 bits per heavy atom. The number of anilines is 2. The van der Waals surface area contributed by atoms with Crippen LogP contribution < -0.4 is 19.7 Å². The number of hydrogen-bond acceptors (Lipinski definition) is 4. The number of para-hydroxylation sites is 1. The van der Waals surface area contributed by atoms with Gasteiger partial charge >= 0.3 is 0 Å². The van der Waals surface area contributed by atoms with Gasteiger partial charge in [-0.05, 0) is 35.7 Å². The second-order valence-corrected chi connectivity index (χ2v) is 6.76. The first kappa shape index (κ1) is 20.3. The predicted molar refractivity (Wildman–Crippen MR) is 117 cm³/mol. The Labute approximate surface area is 171 Å². The number of amides is 1. The lowest BCUT2D eigenvalue weighted by Gasteiger charge is -2.21. The lowest BCUT2D eigenvalue weighted by Crippen LogP contribution is -2.30. The molecule has 1 amide bonds. The number of nitrogens with zero attached hydrogens (tertiary/aromatic N) is 1. The number of rotatable bonds is 8. The van der Waals surface area contributed by atoms with Gasteiger partial charge in [0, 0.05) is 24.5 Å². The zero-order chi connectivity index (χ0) is 20.6. The molecule has 29 heavy (non-hydrogen) atoms. The molecule has 0 spiro atoms. The summed E-state index contributed by atoms with van der Waals surface area (Å²) in [6.45, 7) is 0.217. The van der Waals surface area contributed by atoms with E-state index < -0.39 is 0 Å². The fraction of sp³-hybridized carbons (Fsp3) is 0.208. The summed E-state index contributed by atoms with van der Waals surface area (Å²) in [4.78, 5) is 14.5. The quantitative estimate of drug-likeness (QED) is 0.621. The normalized spacial score (nSPS) is 10.3. The van der Waals surface area contributed by atoms with Gasteiger partial charge in [0.2, 0.25) is 5.91 Å². The average Bonchev–Trinajstić information content (AvgIpc) is 2.75. The van der Waals surface area contributed by atoms with Crippen LogP contribution in [0.25, 0.3) is 0 Å². The molecular formula is C24H26N2O3. The van der Waals surface area contributed by atoms with Gasteiger partial charge < -0.3 is 19.7 Å². The molecule has 3 aromatic carbocycles. The van der Waals surface area contributed by atoms with Gasteiger partial charge in [-0.2, -0.15) is 0 Å². The van der Waals surface area contributed by atoms with Crippen LogP contribution in [0.5, 0.6) is 11.5 Å². The van der Waals surface area contributed by atoms with Crippen molar-refractivity contribution in [3.05, 3.63) is 83.9 Å². The topological polar surface area (TPSA) is 50.8 Å². The molecule has 0 aliphatic carbocycles. The van der Waals surface area contributed by atoms with E-state index >= 15 is 0 Å². The number of hydrogen-bond donors (Lipinski definition) is 1. The van der Waals surface area contributed by atoms with E-state index in [1.807, 2.05) is 72.6 Å². The van der Waals surface area contributed by atoms with Gasteiger partial charge in [0.1, 0.15) is 0 Å². The molecule has 0 atom stereocenters. The van der Waals surface area contributed by atoms with Gasteiger partial charge in [0.05, 0.1) is 20.8 Å². The summed E-state index contributed by atoms with van der Waals surface area (Å²) >= 11 is 0. The lowest BCUT2D eigenvalue weighted by atomic mass is 10.0. The molecule has 3 rings (SSSR count). The number of carbonyl (C=O) groups excluding carboxylic acids is 1. The molecule has 0 aromatic heterocycles. The number of nitrogens with one attached hydrogen (secondary N) is 1. The summed E-state index contributed by atoms with van der Waals surface area (Å²) in [5.74, 6) is 1.21. The minimum atomic E-state index is -0.0807. The molecule has 1 N–H and O–H groups in total. The van der Waals surface area contributed by atoms with Crippen LogP contribution in [-0.2, 0) is 11.2 Å². The van der Waals surface area contributed by atoms with Crippen molar-refractivity contribution < 1.29 is 14.3 Å². The summed E-state index contributed by atoms with van der Waals surface area (Å²) in [6, 6.07) is 23.7. The van der Waals surface area contributed by atoms with E-state index in [1.54, 1.807) is 14.2 Å². The molecule has 150 valence electrons. The second kappa shape index (κ2) is 9.64. The number of benzene rings is 3. The van der Waals surface area contributed by atoms with Crippen molar-refractivity contribution in [2.24, 2.45) is 0 Å². The summed E-state index contributed by atoms with van der Waals surface area (Å²) < 4.78 is 10.6. The van der Waals surface area contributed by atoms with Gasteiger partial charge in [-0.1, -0.05) is 48.5 Å². The Bertz CT molecular complexity index is 957. The highest BCUT2D eigenvalue weighted by Gasteiger charge is 2.12. The van der Waals surface area contributed by atoms with Crippen molar-refractivity contribution in [3.63, 3.8) is 0 Å². The Morgan fingerprint density at radius 2 is 1.59 bits per heavy atom. The molecule has 0 radical (unpaired) electrons. The molecule has 0 fully saturated rings. The summed E-state index contributed by atoms with van der Waals surface area (Å²) in [5, 5.41) is 3.05. The van der Waals surface area contributed by atoms with Gasteiger partial charge in [-0.15, -0.1) is 0 Å². The molecular weight excluding hydrogens is 364 g/mol. The van der Waals surface area contributed by atoms with Crippen molar-refractivity contribution in [1.82, 2.24) is 0 Å². The zero-order valence-corrected chi connectivity index (χ0v) is 17.0. The number of carbonyl (C=O) groups is 1. The van der Waals surface area contributed by atoms with Crippen LogP contribution >= 0.6 is 0 Å². The maximum absolute atomic E-state index is 12.7. The first-order valence-corrected chi connectivity index (χ1v) is 9.45. The van der Waals surface area contributed by atoms with Crippen LogP contribution in [0.1, 0.15) is 11.1 Å². The van der Waals surface area contributed by atoms with Crippen molar-refractivity contribution in [2.75, 3.05) is 38.0 Å². The molecule has 0 heterocycles. The molecule has 0 saturated carbocycles. The van der Waals surface area contributed by atoms with Crippen LogP contribution in [0, 0.1) is 0 Å². The van der Waals surface area contributed by atoms with Crippen molar-refractivity contribution in [3.8, 4) is 11.5 Å². The summed E-state index contributed by atoms with van der Waals surface area (Å²) in [7, 11) is 5.07. The lowest BCUT2D eigenvalue weighted by molar-refractivity contribution is -0.114. The monoisotopic (exact) mass is 390 g/mol. The molecule has 5 nitrogen and oxygen atoms in total. The van der Waals surface area contributed by atoms with Gasteiger partial charge in [0.25, 0.3) is 0 Å². The maximum Gasteiger partial charge on any atom is 0.243 e. The van der Waals surface area contributed by atoms with Gasteiger partial charge in [0.15, 0.2) is 11.5 Å². The minimum Gasteiger partial charge on any atom is -0.493 e. The van der Waals surface area contributed by atoms with E-state index in [1.165, 1.54) is 5.56 Å². The molecule has 0 unspecified atom stereocenters. The SMILES string of the molecule is COc1ccc(N(C)CC(=O)Nc2ccccc2Cc2ccccc2)cc1OC. The van der Waals surface area contributed by atoms with E-state index in [9.17, 15) is 4.79 Å². The van der Waals surface area contributed by atoms with Crippen LogP contribution in [0.4, 0.5) is 11.4 Å². The van der Waals surface area contributed by atoms with E-state index in [4.69, 9.17) is 9.47 Å². The highest BCUT2D eigenvalue weighted by atomic mass is 16.5. The second-order valence-electron chi connectivity index (χ2n) is 6.76. The van der Waals surface area contributed by atoms with E-state index in [2.05, 4.69) is 17.4 Å². The van der Waals surface area contributed by atoms with E-state index in [0.29, 0.717) is 11.5 Å². The largest absolute Gasteiger partial charge is 0.493 e. The van der Waals surface area contributed by atoms with E-state index in [-0.39, 0.29) is 12.5 Å². The van der Waals surface area contributed by atoms with Crippen LogP contribution in [0.2, 0.25) is 0 Å². The Morgan fingerprint density at radius 1 is 0.897 bits per heavy atom. The Balaban J connectivity index is 1.68. The summed E-state index contributed by atoms with van der Waals surface area (Å²) in [5.41, 5.74) is 4.00. The van der Waals surface area contributed by atoms with Gasteiger partial charge in [-0.3, -0.25) is 4.79 Å². The predicted octanol–water partition coefficient (Wildman–Crippen LogP) is 4.37. The Kier molecular flexibility index (Phi) is 6.74. The van der Waals surface area contributed by atoms with Crippen LogP contribution in [0.3, 0.4) is 0 Å². The summed E-state index contributed by atoms with van der Waals surface area (Å²) in [6.07, 6.45) is 0.767. The third-order valence-corrected chi connectivity index (χ3v) is 4.72. The first-order valence-electron chi connectivity index (χ1n) is 9.45. The van der Waals surface area contributed by atoms with E-state index in [0.717, 1.165) is 23.4 Å². The highest BCUT2D eigenvalue weighted by molar-refractivity contribution is 5.94. The fourth-order valence-electron chi connectivity index (χ4n) is 3.17. The maximum atomic E-state index is 12.7. The number of methoxy groups -OCH3 is 2. The van der Waals surface area contributed by atoms with Crippen molar-refractivity contribution in [2.45, 2.75) is 6.42 Å². The molecule has 0 aliphatic rings. The zero-order valence-electron chi connectivity index (χ0n) is 17.0. The molecule has 0 saturated heterocycles. The Hall–Kier alpha value is -3.47. The third kappa shape index (κ3) is 5.29. The molecule has 0 aliphatic heterocycles. The van der Waals surface area contributed by atoms with Crippen molar-refractivity contribution in [1.29, 1.82) is 0 Å². The molecule has 5 heteroatoms. The third-order valence-electron chi connectivity index (χ3n) is 4.72. The number of likely N-dealkylation sites (N-methyl/N-ethyl adjacent to an activating group) is 1. The van der Waals surface area contributed by atoms with Gasteiger partial charge in [-0.25, -0.2) is 0 Å². The highest BCUT2D eigenvalue weighted by Crippen LogP contribution is 2.31. The van der Waals surface area contributed by atoms with Crippen molar-refractivity contribution >= 4 is 17.3 Å². The molecule has 0 bridgehead atoms. The fourth-order valence-corrected chi connectivity index (χ4v) is 3.17. The standard InChI is InChI=1S/C24H26N2O3/c1-26(20-13-14-22(28-2)23(16-20)29-3)17-24(27)25-21-12-8-7-11-19(21)15-18-9-5-4-6-10-18/h4-14,16H,15,17H2,1-3H3,(H,25,27). The van der Waals surface area contributed by atoms with Crippen LogP contribution in [0.15, 0.2) is 72.8 Å². The van der Waals surface area contributed by atoms with Crippen LogP contribution in [-0.4, -0.2) is 33.7 Å². The molecule has 3 aromatic rings.